The number of rotatable bonds is 1. The van der Waals surface area contributed by atoms with Gasteiger partial charge in [-0.05, 0) is 12.1 Å². The predicted octanol–water partition coefficient (Wildman–Crippen LogP) is 1.27. The molecule has 0 saturated carbocycles. The number of hydrogen-bond donors (Lipinski definition) is 2. The van der Waals surface area contributed by atoms with Gasteiger partial charge in [-0.25, -0.2) is 4.98 Å². The first kappa shape index (κ1) is 8.07. The second-order valence-corrected chi connectivity index (χ2v) is 3.01. The molecule has 2 heterocycles. The summed E-state index contributed by atoms with van der Waals surface area (Å²) in [5.41, 5.74) is 6.53. The topological polar surface area (TPSA) is 67.2 Å². The zero-order valence-electron chi connectivity index (χ0n) is 6.66. The molecule has 13 heavy (non-hydrogen) atoms. The number of halogens is 1. The Kier molecular flexibility index (Phi) is 1.70. The van der Waals surface area contributed by atoms with E-state index >= 15 is 0 Å². The highest BCUT2D eigenvalue weighted by atomic mass is 35.5. The normalized spacial score (nSPS) is 10.5. The van der Waals surface area contributed by atoms with Crippen LogP contribution >= 0.6 is 11.6 Å². The van der Waals surface area contributed by atoms with Gasteiger partial charge in [-0.3, -0.25) is 9.81 Å². The fraction of sp³-hybridized carbons (Fsp3) is 0. The molecule has 0 aliphatic heterocycles. The highest BCUT2D eigenvalue weighted by molar-refractivity contribution is 6.33. The maximum Gasteiger partial charge on any atom is 0.156 e. The number of nitrogens with two attached hydrogens (primary N) is 1. The third kappa shape index (κ3) is 1.15. The molecular formula is C8H7ClN4. The third-order valence-corrected chi connectivity index (χ3v) is 2.06. The monoisotopic (exact) mass is 194 g/mol. The Morgan fingerprint density at radius 3 is 3.08 bits per heavy atom. The van der Waals surface area contributed by atoms with Crippen molar-refractivity contribution >= 4 is 23.1 Å². The van der Waals surface area contributed by atoms with Gasteiger partial charge in [0.1, 0.15) is 11.5 Å². The summed E-state index contributed by atoms with van der Waals surface area (Å²) in [6.07, 6.45) is 3.30. The van der Waals surface area contributed by atoms with E-state index in [4.69, 9.17) is 22.7 Å². The van der Waals surface area contributed by atoms with E-state index in [2.05, 4.69) is 4.98 Å². The van der Waals surface area contributed by atoms with Crippen LogP contribution in [0.25, 0.3) is 5.65 Å². The van der Waals surface area contributed by atoms with Crippen LogP contribution in [0.5, 0.6) is 0 Å². The van der Waals surface area contributed by atoms with Gasteiger partial charge < -0.3 is 5.73 Å². The Bertz CT molecular complexity index is 474. The van der Waals surface area contributed by atoms with Crippen molar-refractivity contribution < 1.29 is 0 Å². The van der Waals surface area contributed by atoms with E-state index in [0.29, 0.717) is 16.4 Å². The van der Waals surface area contributed by atoms with Gasteiger partial charge in [0.25, 0.3) is 0 Å². The lowest BCUT2D eigenvalue weighted by atomic mass is 10.4. The van der Waals surface area contributed by atoms with Gasteiger partial charge in [0.2, 0.25) is 0 Å². The molecule has 0 amide bonds. The van der Waals surface area contributed by atoms with Crippen molar-refractivity contribution in [3.63, 3.8) is 0 Å². The Balaban J connectivity index is 2.83. The van der Waals surface area contributed by atoms with E-state index in [1.54, 1.807) is 22.7 Å². The molecule has 0 unspecified atom stereocenters. The second-order valence-electron chi connectivity index (χ2n) is 2.61. The molecule has 0 aromatic carbocycles. The minimum atomic E-state index is -0.0187. The van der Waals surface area contributed by atoms with E-state index in [9.17, 15) is 0 Å². The largest absolute Gasteiger partial charge is 0.382 e. The highest BCUT2D eigenvalue weighted by Gasteiger charge is 2.06. The Morgan fingerprint density at radius 1 is 1.62 bits per heavy atom. The van der Waals surface area contributed by atoms with E-state index in [1.165, 1.54) is 6.20 Å². The molecule has 0 bridgehead atoms. The number of imidazole rings is 1. The maximum absolute atomic E-state index is 7.28. The number of pyridine rings is 1. The van der Waals surface area contributed by atoms with Crippen molar-refractivity contribution in [2.24, 2.45) is 5.73 Å². The summed E-state index contributed by atoms with van der Waals surface area (Å²) in [7, 11) is 0. The first-order chi connectivity index (χ1) is 6.20. The molecule has 2 aromatic heterocycles. The molecule has 66 valence electrons. The summed E-state index contributed by atoms with van der Waals surface area (Å²) in [4.78, 5) is 4.05. The van der Waals surface area contributed by atoms with Crippen LogP contribution in [0.1, 0.15) is 5.69 Å². The smallest absolute Gasteiger partial charge is 0.156 e. The van der Waals surface area contributed by atoms with Gasteiger partial charge in [-0.2, -0.15) is 0 Å². The number of fused-ring (bicyclic) bond motifs is 1. The molecule has 4 nitrogen and oxygen atoms in total. The van der Waals surface area contributed by atoms with E-state index in [-0.39, 0.29) is 5.84 Å². The van der Waals surface area contributed by atoms with Crippen LogP contribution in [0.3, 0.4) is 0 Å². The summed E-state index contributed by atoms with van der Waals surface area (Å²) < 4.78 is 1.69. The van der Waals surface area contributed by atoms with Crippen LogP contribution in [-0.4, -0.2) is 15.2 Å². The number of aromatic nitrogens is 2. The SMILES string of the molecule is N=C(N)c1cnc2c(Cl)cccn12. The van der Waals surface area contributed by atoms with Crippen LogP contribution in [0.2, 0.25) is 5.02 Å². The summed E-state index contributed by atoms with van der Waals surface area (Å²) >= 11 is 5.88. The third-order valence-electron chi connectivity index (χ3n) is 1.76. The Hall–Kier alpha value is -1.55. The van der Waals surface area contributed by atoms with Crippen molar-refractivity contribution in [2.75, 3.05) is 0 Å². The van der Waals surface area contributed by atoms with Crippen LogP contribution in [0.15, 0.2) is 24.5 Å². The van der Waals surface area contributed by atoms with Crippen LogP contribution in [0, 0.1) is 5.41 Å². The number of hydrogen-bond acceptors (Lipinski definition) is 2. The summed E-state index contributed by atoms with van der Waals surface area (Å²) in [6.45, 7) is 0. The molecule has 0 saturated heterocycles. The van der Waals surface area contributed by atoms with Crippen LogP contribution in [-0.2, 0) is 0 Å². The number of amidine groups is 1. The van der Waals surface area contributed by atoms with Gasteiger partial charge in [-0.1, -0.05) is 11.6 Å². The molecule has 5 heteroatoms. The van der Waals surface area contributed by atoms with E-state index < -0.39 is 0 Å². The van der Waals surface area contributed by atoms with E-state index in [0.717, 1.165) is 0 Å². The second kappa shape index (κ2) is 2.74. The van der Waals surface area contributed by atoms with Gasteiger partial charge in [-0.15, -0.1) is 0 Å². The summed E-state index contributed by atoms with van der Waals surface area (Å²) in [6, 6.07) is 3.53. The maximum atomic E-state index is 7.28. The van der Waals surface area contributed by atoms with Crippen molar-refractivity contribution in [2.45, 2.75) is 0 Å². The van der Waals surface area contributed by atoms with Gasteiger partial charge in [0, 0.05) is 6.20 Å². The summed E-state index contributed by atoms with van der Waals surface area (Å²) in [5.74, 6) is -0.0187. The van der Waals surface area contributed by atoms with Crippen LogP contribution < -0.4 is 5.73 Å². The van der Waals surface area contributed by atoms with Gasteiger partial charge in [0.05, 0.1) is 11.2 Å². The molecule has 0 radical (unpaired) electrons. The molecule has 0 aliphatic rings. The lowest BCUT2D eigenvalue weighted by Crippen LogP contribution is -2.13. The Labute approximate surface area is 79.5 Å². The summed E-state index contributed by atoms with van der Waals surface area (Å²) in [5, 5.41) is 7.83. The Morgan fingerprint density at radius 2 is 2.38 bits per heavy atom. The molecule has 0 aliphatic carbocycles. The zero-order chi connectivity index (χ0) is 9.42. The molecule has 2 aromatic rings. The first-order valence-electron chi connectivity index (χ1n) is 3.66. The molecule has 0 fully saturated rings. The number of nitrogens with zero attached hydrogens (tertiary/aromatic N) is 2. The lowest BCUT2D eigenvalue weighted by Gasteiger charge is -1.98. The van der Waals surface area contributed by atoms with Crippen molar-refractivity contribution in [3.05, 3.63) is 35.2 Å². The van der Waals surface area contributed by atoms with Crippen molar-refractivity contribution in [1.82, 2.24) is 9.38 Å². The molecular weight excluding hydrogens is 188 g/mol. The average Bonchev–Trinajstić information content (AvgIpc) is 2.48. The highest BCUT2D eigenvalue weighted by Crippen LogP contribution is 2.16. The van der Waals surface area contributed by atoms with Crippen molar-refractivity contribution in [1.29, 1.82) is 5.41 Å². The van der Waals surface area contributed by atoms with E-state index in [1.807, 2.05) is 0 Å². The van der Waals surface area contributed by atoms with Gasteiger partial charge >= 0.3 is 0 Å². The fourth-order valence-corrected chi connectivity index (χ4v) is 1.39. The molecule has 0 spiro atoms. The standard InChI is InChI=1S/C8H7ClN4/c9-5-2-1-3-13-6(7(10)11)4-12-8(5)13/h1-4H,(H3,10,11). The number of nitrogen functional groups attached to an aromatic ring is 1. The lowest BCUT2D eigenvalue weighted by molar-refractivity contribution is 1.15. The van der Waals surface area contributed by atoms with Crippen molar-refractivity contribution in [3.8, 4) is 0 Å². The minimum absolute atomic E-state index is 0.0187. The average molecular weight is 195 g/mol. The molecule has 0 atom stereocenters. The fourth-order valence-electron chi connectivity index (χ4n) is 1.18. The number of nitrogens with one attached hydrogen (secondary N) is 1. The predicted molar refractivity (Wildman–Crippen MR) is 51.2 cm³/mol. The van der Waals surface area contributed by atoms with Crippen LogP contribution in [0.4, 0.5) is 0 Å². The first-order valence-corrected chi connectivity index (χ1v) is 4.04. The van der Waals surface area contributed by atoms with Gasteiger partial charge in [0.15, 0.2) is 5.65 Å². The quantitative estimate of drug-likeness (QED) is 0.530. The minimum Gasteiger partial charge on any atom is -0.382 e. The molecule has 2 rings (SSSR count). The zero-order valence-corrected chi connectivity index (χ0v) is 7.42. The molecule has 3 N–H and O–H groups in total.